The van der Waals surface area contributed by atoms with Crippen LogP contribution in [0, 0.1) is 0 Å². The molecule has 0 aromatic heterocycles. The van der Waals surface area contributed by atoms with Crippen molar-refractivity contribution in [1.29, 1.82) is 0 Å². The topological polar surface area (TPSA) is 71.1 Å². The lowest BCUT2D eigenvalue weighted by atomic mass is 9.76. The van der Waals surface area contributed by atoms with E-state index in [0.29, 0.717) is 11.5 Å². The predicted molar refractivity (Wildman–Crippen MR) is 189 cm³/mol. The van der Waals surface area contributed by atoms with Crippen LogP contribution < -0.4 is 9.47 Å². The van der Waals surface area contributed by atoms with Crippen molar-refractivity contribution in [1.82, 2.24) is 0 Å². The van der Waals surface area contributed by atoms with Crippen molar-refractivity contribution in [2.45, 2.75) is 170 Å². The fraction of sp³-hybridized carbons (Fsp3) is 0.650. The molecule has 0 saturated heterocycles. The summed E-state index contributed by atoms with van der Waals surface area (Å²) in [5, 5.41) is 0. The molecule has 6 nitrogen and oxygen atoms in total. The summed E-state index contributed by atoms with van der Waals surface area (Å²) in [5.74, 6) is 1.19. The Labute approximate surface area is 279 Å². The molecule has 0 saturated carbocycles. The van der Waals surface area contributed by atoms with Crippen molar-refractivity contribution < 1.29 is 28.5 Å². The van der Waals surface area contributed by atoms with Crippen LogP contribution in [0.4, 0.5) is 9.59 Å². The first-order valence-corrected chi connectivity index (χ1v) is 17.0. The fourth-order valence-electron chi connectivity index (χ4n) is 5.25. The van der Waals surface area contributed by atoms with Crippen LogP contribution >= 0.6 is 0 Å². The highest BCUT2D eigenvalue weighted by Gasteiger charge is 2.34. The molecule has 0 aliphatic heterocycles. The molecule has 0 fully saturated rings. The van der Waals surface area contributed by atoms with Crippen molar-refractivity contribution >= 4 is 12.3 Å². The summed E-state index contributed by atoms with van der Waals surface area (Å²) < 4.78 is 23.7. The number of rotatable bonds is 8. The minimum atomic E-state index is -0.753. The van der Waals surface area contributed by atoms with E-state index >= 15 is 0 Å². The highest BCUT2D eigenvalue weighted by Crippen LogP contribution is 2.47. The van der Waals surface area contributed by atoms with Gasteiger partial charge in [-0.3, -0.25) is 0 Å². The number of benzene rings is 2. The molecule has 46 heavy (non-hydrogen) atoms. The van der Waals surface area contributed by atoms with E-state index in [1.165, 1.54) is 0 Å². The van der Waals surface area contributed by atoms with Gasteiger partial charge in [-0.2, -0.15) is 0 Å². The summed E-state index contributed by atoms with van der Waals surface area (Å²) in [7, 11) is 0. The van der Waals surface area contributed by atoms with Crippen LogP contribution in [-0.4, -0.2) is 23.5 Å². The third-order valence-corrected chi connectivity index (χ3v) is 8.34. The summed E-state index contributed by atoms with van der Waals surface area (Å²) in [6.45, 7) is 34.5. The fourth-order valence-corrected chi connectivity index (χ4v) is 5.25. The third kappa shape index (κ3) is 10.5. The maximum atomic E-state index is 13.3. The lowest BCUT2D eigenvalue weighted by Crippen LogP contribution is -2.28. The minimum absolute atomic E-state index is 0.275. The molecule has 2 aromatic carbocycles. The van der Waals surface area contributed by atoms with Gasteiger partial charge < -0.3 is 18.9 Å². The Morgan fingerprint density at radius 1 is 0.565 bits per heavy atom. The van der Waals surface area contributed by atoms with E-state index in [1.807, 2.05) is 41.5 Å². The summed E-state index contributed by atoms with van der Waals surface area (Å²) in [4.78, 5) is 26.6. The van der Waals surface area contributed by atoms with Gasteiger partial charge in [0.15, 0.2) is 0 Å². The van der Waals surface area contributed by atoms with Gasteiger partial charge in [0.1, 0.15) is 22.7 Å². The van der Waals surface area contributed by atoms with Crippen molar-refractivity contribution in [2.75, 3.05) is 0 Å². The quantitative estimate of drug-likeness (QED) is 0.212. The average Bonchev–Trinajstić information content (AvgIpc) is 2.88. The van der Waals surface area contributed by atoms with Gasteiger partial charge in [-0.15, -0.1) is 0 Å². The molecular weight excluding hydrogens is 576 g/mol. The molecule has 0 spiro atoms. The van der Waals surface area contributed by atoms with E-state index in [0.717, 1.165) is 46.2 Å². The SMILES string of the molecule is CCC(C)c1cc(C(C)c2cc(C(C)CC)cc(C(C)(C)C)c2OC(=O)OC(C)(C)C)c(OC(=O)OC(C)(C)C)c(C(C)(C)C)c1. The Bertz CT molecular complexity index is 1270. The Morgan fingerprint density at radius 2 is 0.870 bits per heavy atom. The van der Waals surface area contributed by atoms with Gasteiger partial charge >= 0.3 is 12.3 Å². The van der Waals surface area contributed by atoms with Crippen LogP contribution in [0.1, 0.15) is 182 Å². The number of hydrogen-bond donors (Lipinski definition) is 0. The van der Waals surface area contributed by atoms with E-state index in [4.69, 9.17) is 18.9 Å². The molecule has 2 aromatic rings. The second kappa shape index (κ2) is 14.4. The Kier molecular flexibility index (Phi) is 12.3. The Morgan fingerprint density at radius 3 is 1.11 bits per heavy atom. The second-order valence-corrected chi connectivity index (χ2v) is 16.9. The van der Waals surface area contributed by atoms with Crippen LogP contribution in [0.3, 0.4) is 0 Å². The van der Waals surface area contributed by atoms with Crippen molar-refractivity contribution in [2.24, 2.45) is 0 Å². The van der Waals surface area contributed by atoms with Gasteiger partial charge in [-0.1, -0.05) is 100 Å². The lowest BCUT2D eigenvalue weighted by molar-refractivity contribution is 0.0190. The van der Waals surface area contributed by atoms with Gasteiger partial charge in [0.05, 0.1) is 0 Å². The Balaban J connectivity index is 3.08. The van der Waals surface area contributed by atoms with Gasteiger partial charge in [0.2, 0.25) is 0 Å². The lowest BCUT2D eigenvalue weighted by Gasteiger charge is -2.31. The normalized spacial score (nSPS) is 14.7. The van der Waals surface area contributed by atoms with Gasteiger partial charge in [0, 0.05) is 28.2 Å². The van der Waals surface area contributed by atoms with Gasteiger partial charge in [0.25, 0.3) is 0 Å². The average molecular weight is 639 g/mol. The van der Waals surface area contributed by atoms with E-state index in [1.54, 1.807) is 0 Å². The monoisotopic (exact) mass is 638 g/mol. The number of hydrogen-bond acceptors (Lipinski definition) is 6. The molecule has 0 heterocycles. The molecule has 0 amide bonds. The maximum Gasteiger partial charge on any atom is 0.514 e. The van der Waals surface area contributed by atoms with E-state index in [-0.39, 0.29) is 28.6 Å². The first-order chi connectivity index (χ1) is 20.8. The summed E-state index contributed by atoms with van der Waals surface area (Å²) in [5.41, 5.74) is 3.70. The third-order valence-electron chi connectivity index (χ3n) is 8.34. The molecular formula is C40H62O6. The van der Waals surface area contributed by atoms with E-state index in [2.05, 4.69) is 100 Å². The molecule has 0 radical (unpaired) electrons. The number of carbonyl (C=O) groups is 2. The maximum absolute atomic E-state index is 13.3. The summed E-state index contributed by atoms with van der Waals surface area (Å²) >= 11 is 0. The van der Waals surface area contributed by atoms with Crippen LogP contribution in [0.25, 0.3) is 0 Å². The Hall–Kier alpha value is -3.02. The van der Waals surface area contributed by atoms with Crippen LogP contribution in [0.15, 0.2) is 24.3 Å². The zero-order chi connectivity index (χ0) is 35.6. The molecule has 6 heteroatoms. The standard InChI is InChI=1S/C40H62O6/c1-18-24(3)27-20-29(33(31(22-27)37(6,7)8)43-35(41)45-39(12,13)14)26(5)30-21-28(25(4)19-2)23-32(38(9,10)11)34(30)44-36(42)46-40(15,16)17/h20-26H,18-19H2,1-17H3. The molecule has 0 aliphatic carbocycles. The van der Waals surface area contributed by atoms with Crippen molar-refractivity contribution in [3.05, 3.63) is 57.6 Å². The first-order valence-electron chi connectivity index (χ1n) is 17.0. The molecule has 0 N–H and O–H groups in total. The molecule has 0 bridgehead atoms. The van der Waals surface area contributed by atoms with Crippen molar-refractivity contribution in [3.8, 4) is 11.5 Å². The highest BCUT2D eigenvalue weighted by molar-refractivity contribution is 5.70. The molecule has 2 unspecified atom stereocenters. The first kappa shape index (κ1) is 39.2. The zero-order valence-corrected chi connectivity index (χ0v) is 31.9. The van der Waals surface area contributed by atoms with Gasteiger partial charge in [-0.25, -0.2) is 9.59 Å². The van der Waals surface area contributed by atoms with Crippen LogP contribution in [-0.2, 0) is 20.3 Å². The largest absolute Gasteiger partial charge is 0.514 e. The molecule has 258 valence electrons. The smallest absolute Gasteiger partial charge is 0.428 e. The zero-order valence-electron chi connectivity index (χ0n) is 31.9. The summed E-state index contributed by atoms with van der Waals surface area (Å²) in [6.07, 6.45) is 0.399. The molecule has 2 atom stereocenters. The molecule has 0 aliphatic rings. The van der Waals surface area contributed by atoms with E-state index < -0.39 is 23.5 Å². The minimum Gasteiger partial charge on any atom is -0.428 e. The van der Waals surface area contributed by atoms with E-state index in [9.17, 15) is 9.59 Å². The van der Waals surface area contributed by atoms with Gasteiger partial charge in [-0.05, 0) is 88.2 Å². The van der Waals surface area contributed by atoms with Crippen molar-refractivity contribution in [3.63, 3.8) is 0 Å². The van der Waals surface area contributed by atoms with Crippen LogP contribution in [0.5, 0.6) is 11.5 Å². The molecule has 2 rings (SSSR count). The predicted octanol–water partition coefficient (Wildman–Crippen LogP) is 12.1. The number of ether oxygens (including phenoxy) is 4. The summed E-state index contributed by atoms with van der Waals surface area (Å²) in [6, 6.07) is 8.63. The number of carbonyl (C=O) groups excluding carboxylic acids is 2. The van der Waals surface area contributed by atoms with Crippen LogP contribution in [0.2, 0.25) is 0 Å². The highest BCUT2D eigenvalue weighted by atomic mass is 16.7. The second-order valence-electron chi connectivity index (χ2n) is 16.9.